The third-order valence-corrected chi connectivity index (χ3v) is 2.34. The molecule has 0 aliphatic heterocycles. The fraction of sp³-hybridized carbons (Fsp3) is 0.385. The number of hydrogen-bond acceptors (Lipinski definition) is 6. The molecule has 0 aromatic rings. The van der Waals surface area contributed by atoms with Crippen LogP contribution in [0.5, 0.6) is 0 Å². The average molecular weight is 262 g/mol. The Morgan fingerprint density at radius 1 is 1.00 bits per heavy atom. The van der Waals surface area contributed by atoms with E-state index in [2.05, 4.69) is 22.6 Å². The third kappa shape index (κ3) is 5.05. The minimum absolute atomic E-state index is 0.0252. The van der Waals surface area contributed by atoms with Gasteiger partial charge in [-0.3, -0.25) is 0 Å². The lowest BCUT2D eigenvalue weighted by atomic mass is 10.1. The molecule has 0 saturated carbocycles. The van der Waals surface area contributed by atoms with Crippen LogP contribution >= 0.6 is 0 Å². The van der Waals surface area contributed by atoms with Gasteiger partial charge < -0.3 is 9.47 Å². The van der Waals surface area contributed by atoms with Gasteiger partial charge in [-0.05, 0) is 13.8 Å². The van der Waals surface area contributed by atoms with Crippen molar-refractivity contribution in [3.05, 3.63) is 24.3 Å². The summed E-state index contributed by atoms with van der Waals surface area (Å²) in [6, 6.07) is 3.65. The first-order chi connectivity index (χ1) is 8.84. The van der Waals surface area contributed by atoms with E-state index in [0.29, 0.717) is 0 Å². The van der Waals surface area contributed by atoms with Crippen LogP contribution in [0.4, 0.5) is 0 Å². The molecule has 0 rings (SSSR count). The van der Waals surface area contributed by atoms with E-state index >= 15 is 0 Å². The van der Waals surface area contributed by atoms with Crippen molar-refractivity contribution >= 4 is 11.9 Å². The molecule has 19 heavy (non-hydrogen) atoms. The molecule has 0 bridgehead atoms. The summed E-state index contributed by atoms with van der Waals surface area (Å²) in [5, 5.41) is 17.2. The van der Waals surface area contributed by atoms with Crippen molar-refractivity contribution in [2.45, 2.75) is 13.8 Å². The topological polar surface area (TPSA) is 100 Å². The highest BCUT2D eigenvalue weighted by Gasteiger charge is 2.18. The van der Waals surface area contributed by atoms with E-state index in [0.717, 1.165) is 0 Å². The smallest absolute Gasteiger partial charge is 0.337 e. The molecular weight excluding hydrogens is 248 g/mol. The molecule has 0 aromatic carbocycles. The molecule has 0 aliphatic rings. The van der Waals surface area contributed by atoms with Crippen molar-refractivity contribution in [1.82, 2.24) is 0 Å². The highest BCUT2D eigenvalue weighted by atomic mass is 16.7. The average Bonchev–Trinajstić information content (AvgIpc) is 2.43. The molecule has 0 N–H and O–H groups in total. The van der Waals surface area contributed by atoms with Crippen LogP contribution in [0.15, 0.2) is 24.3 Å². The lowest BCUT2D eigenvalue weighted by molar-refractivity contribution is -0.162. The molecule has 0 radical (unpaired) electrons. The largest absolute Gasteiger partial charge is 0.424 e. The molecule has 0 fully saturated rings. The van der Waals surface area contributed by atoms with E-state index in [1.807, 2.05) is 12.1 Å². The second-order valence-corrected chi connectivity index (χ2v) is 3.73. The minimum atomic E-state index is -0.819. The van der Waals surface area contributed by atoms with Gasteiger partial charge >= 0.3 is 11.9 Å². The van der Waals surface area contributed by atoms with Crippen molar-refractivity contribution in [2.24, 2.45) is 11.8 Å². The Balaban J connectivity index is 4.19. The summed E-state index contributed by atoms with van der Waals surface area (Å²) in [4.78, 5) is 22.7. The molecule has 0 aromatic heterocycles. The van der Waals surface area contributed by atoms with E-state index in [9.17, 15) is 9.59 Å². The van der Waals surface area contributed by atoms with Crippen LogP contribution in [0.3, 0.4) is 0 Å². The predicted molar refractivity (Wildman–Crippen MR) is 64.9 cm³/mol. The van der Waals surface area contributed by atoms with Crippen molar-refractivity contribution in [3.8, 4) is 12.1 Å². The van der Waals surface area contributed by atoms with Gasteiger partial charge in [0.05, 0.1) is 24.0 Å². The first kappa shape index (κ1) is 16.4. The number of nitrogens with zero attached hydrogens (tertiary/aromatic N) is 2. The molecule has 0 amide bonds. The molecule has 0 saturated heterocycles. The standard InChI is InChI=1S/C13H14N2O4/c1-8(5-14)10(3)12(16)18-7-19-13(17)11(4)9(2)6-15/h8-9H,3-4,7H2,1-2H3. The van der Waals surface area contributed by atoms with Crippen molar-refractivity contribution < 1.29 is 19.1 Å². The number of ether oxygens (including phenoxy) is 2. The first-order valence-corrected chi connectivity index (χ1v) is 5.36. The Bertz CT molecular complexity index is 438. The van der Waals surface area contributed by atoms with Gasteiger partial charge in [-0.1, -0.05) is 13.2 Å². The molecule has 0 heterocycles. The Labute approximate surface area is 111 Å². The van der Waals surface area contributed by atoms with E-state index in [1.165, 1.54) is 13.8 Å². The zero-order valence-corrected chi connectivity index (χ0v) is 10.8. The molecule has 6 heteroatoms. The first-order valence-electron chi connectivity index (χ1n) is 5.36. The van der Waals surface area contributed by atoms with Crippen LogP contribution in [0.2, 0.25) is 0 Å². The fourth-order valence-electron chi connectivity index (χ4n) is 0.831. The van der Waals surface area contributed by atoms with Crippen LogP contribution in [0, 0.1) is 34.5 Å². The van der Waals surface area contributed by atoms with Gasteiger partial charge in [-0.15, -0.1) is 0 Å². The molecule has 2 atom stereocenters. The normalized spacial score (nSPS) is 12.2. The van der Waals surface area contributed by atoms with Gasteiger partial charge in [0, 0.05) is 11.1 Å². The van der Waals surface area contributed by atoms with E-state index in [-0.39, 0.29) is 11.1 Å². The maximum atomic E-state index is 11.3. The van der Waals surface area contributed by atoms with Crippen LogP contribution in [-0.4, -0.2) is 18.7 Å². The number of carbonyl (C=O) groups excluding carboxylic acids is 2. The van der Waals surface area contributed by atoms with Crippen molar-refractivity contribution in [2.75, 3.05) is 6.79 Å². The van der Waals surface area contributed by atoms with Crippen molar-refractivity contribution in [3.63, 3.8) is 0 Å². The molecule has 0 aliphatic carbocycles. The van der Waals surface area contributed by atoms with Crippen molar-refractivity contribution in [1.29, 1.82) is 10.5 Å². The zero-order valence-electron chi connectivity index (χ0n) is 10.8. The highest BCUT2D eigenvalue weighted by Crippen LogP contribution is 2.10. The maximum Gasteiger partial charge on any atom is 0.337 e. The number of rotatable bonds is 6. The lowest BCUT2D eigenvalue weighted by Crippen LogP contribution is -2.18. The van der Waals surface area contributed by atoms with Crippen LogP contribution in [0.1, 0.15) is 13.8 Å². The van der Waals surface area contributed by atoms with Crippen LogP contribution in [-0.2, 0) is 19.1 Å². The number of esters is 2. The summed E-state index contributed by atoms with van der Waals surface area (Å²) < 4.78 is 9.21. The molecule has 6 nitrogen and oxygen atoms in total. The summed E-state index contributed by atoms with van der Waals surface area (Å²) in [7, 11) is 0. The van der Waals surface area contributed by atoms with Crippen LogP contribution in [0.25, 0.3) is 0 Å². The summed E-state index contributed by atoms with van der Waals surface area (Å²) in [6.45, 7) is 9.17. The summed E-state index contributed by atoms with van der Waals surface area (Å²) in [6.07, 6.45) is 0. The number of hydrogen-bond donors (Lipinski definition) is 0. The fourth-order valence-corrected chi connectivity index (χ4v) is 0.831. The van der Waals surface area contributed by atoms with E-state index in [4.69, 9.17) is 10.5 Å². The molecule has 100 valence electrons. The third-order valence-electron chi connectivity index (χ3n) is 2.34. The van der Waals surface area contributed by atoms with Gasteiger partial charge in [0.1, 0.15) is 0 Å². The number of carbonyl (C=O) groups is 2. The van der Waals surface area contributed by atoms with E-state index < -0.39 is 30.6 Å². The van der Waals surface area contributed by atoms with Crippen LogP contribution < -0.4 is 0 Å². The Kier molecular flexibility index (Phi) is 6.62. The lowest BCUT2D eigenvalue weighted by Gasteiger charge is -2.10. The van der Waals surface area contributed by atoms with Gasteiger partial charge in [0.2, 0.25) is 6.79 Å². The SMILES string of the molecule is C=C(C(=O)OCOC(=O)C(=C)C(C)C#N)C(C)C#N. The summed E-state index contributed by atoms with van der Waals surface area (Å²) >= 11 is 0. The number of nitriles is 2. The van der Waals surface area contributed by atoms with Gasteiger partial charge in [-0.2, -0.15) is 10.5 Å². The highest BCUT2D eigenvalue weighted by molar-refractivity contribution is 5.90. The van der Waals surface area contributed by atoms with Gasteiger partial charge in [0.15, 0.2) is 0 Å². The Morgan fingerprint density at radius 2 is 1.32 bits per heavy atom. The molecule has 0 spiro atoms. The van der Waals surface area contributed by atoms with Gasteiger partial charge in [0.25, 0.3) is 0 Å². The summed E-state index contributed by atoms with van der Waals surface area (Å²) in [5.41, 5.74) is -0.0504. The van der Waals surface area contributed by atoms with Gasteiger partial charge in [-0.25, -0.2) is 9.59 Å². The quantitative estimate of drug-likeness (QED) is 0.408. The minimum Gasteiger partial charge on any atom is -0.424 e. The predicted octanol–water partition coefficient (Wildman–Crippen LogP) is 1.46. The molecule has 2 unspecified atom stereocenters. The van der Waals surface area contributed by atoms with E-state index in [1.54, 1.807) is 0 Å². The zero-order chi connectivity index (χ0) is 15.0. The maximum absolute atomic E-state index is 11.3. The molecular formula is C13H14N2O4. The monoisotopic (exact) mass is 262 g/mol. The summed E-state index contributed by atoms with van der Waals surface area (Å²) in [5.74, 6) is -3.00. The Hall–Kier alpha value is -2.60. The Morgan fingerprint density at radius 3 is 1.58 bits per heavy atom. The second-order valence-electron chi connectivity index (χ2n) is 3.73. The second kappa shape index (κ2) is 7.67.